The van der Waals surface area contributed by atoms with E-state index in [9.17, 15) is 4.39 Å². The second-order valence-corrected chi connectivity index (χ2v) is 5.16. The van der Waals surface area contributed by atoms with E-state index in [0.29, 0.717) is 5.92 Å². The molecule has 0 aliphatic heterocycles. The van der Waals surface area contributed by atoms with Crippen LogP contribution in [0, 0.1) is 11.7 Å². The van der Waals surface area contributed by atoms with Crippen LogP contribution in [0.5, 0.6) is 0 Å². The molecule has 17 heavy (non-hydrogen) atoms. The van der Waals surface area contributed by atoms with Gasteiger partial charge in [-0.3, -0.25) is 0 Å². The van der Waals surface area contributed by atoms with Gasteiger partial charge in [-0.25, -0.2) is 4.39 Å². The SMILES string of the molecule is CCNC(c1ccc(Cl)c(F)c1)C1CCCC1. The molecular weight excluding hydrogens is 237 g/mol. The Morgan fingerprint density at radius 1 is 1.41 bits per heavy atom. The van der Waals surface area contributed by atoms with Gasteiger partial charge in [0.2, 0.25) is 0 Å². The Hall–Kier alpha value is -0.600. The zero-order valence-electron chi connectivity index (χ0n) is 10.2. The topological polar surface area (TPSA) is 12.0 Å². The Morgan fingerprint density at radius 2 is 2.12 bits per heavy atom. The minimum atomic E-state index is -0.315. The van der Waals surface area contributed by atoms with Crippen LogP contribution in [0.4, 0.5) is 4.39 Å². The maximum atomic E-state index is 13.5. The highest BCUT2D eigenvalue weighted by Crippen LogP contribution is 2.36. The molecule has 1 nitrogen and oxygen atoms in total. The second kappa shape index (κ2) is 5.83. The Kier molecular flexibility index (Phi) is 4.41. The van der Waals surface area contributed by atoms with Crippen LogP contribution in [0.15, 0.2) is 18.2 Å². The van der Waals surface area contributed by atoms with Crippen molar-refractivity contribution >= 4 is 11.6 Å². The predicted molar refractivity (Wildman–Crippen MR) is 69.8 cm³/mol. The van der Waals surface area contributed by atoms with E-state index in [1.165, 1.54) is 25.7 Å². The van der Waals surface area contributed by atoms with E-state index in [4.69, 9.17) is 11.6 Å². The maximum absolute atomic E-state index is 13.5. The van der Waals surface area contributed by atoms with Crippen molar-refractivity contribution in [1.82, 2.24) is 5.32 Å². The molecule has 1 aliphatic carbocycles. The third kappa shape index (κ3) is 2.99. The molecule has 3 heteroatoms. The van der Waals surface area contributed by atoms with Crippen molar-refractivity contribution in [1.29, 1.82) is 0 Å². The van der Waals surface area contributed by atoms with E-state index >= 15 is 0 Å². The molecule has 0 aromatic heterocycles. The van der Waals surface area contributed by atoms with Crippen LogP contribution in [-0.2, 0) is 0 Å². The monoisotopic (exact) mass is 255 g/mol. The molecule has 1 aromatic carbocycles. The van der Waals surface area contributed by atoms with Crippen LogP contribution < -0.4 is 5.32 Å². The van der Waals surface area contributed by atoms with Crippen LogP contribution in [0.1, 0.15) is 44.2 Å². The highest BCUT2D eigenvalue weighted by atomic mass is 35.5. The smallest absolute Gasteiger partial charge is 0.142 e. The molecule has 1 atom stereocenters. The predicted octanol–water partition coefficient (Wildman–Crippen LogP) is 4.32. The minimum absolute atomic E-state index is 0.204. The summed E-state index contributed by atoms with van der Waals surface area (Å²) in [4.78, 5) is 0. The largest absolute Gasteiger partial charge is 0.310 e. The number of hydrogen-bond acceptors (Lipinski definition) is 1. The van der Waals surface area contributed by atoms with Crippen molar-refractivity contribution in [3.05, 3.63) is 34.6 Å². The van der Waals surface area contributed by atoms with Crippen molar-refractivity contribution in [3.63, 3.8) is 0 Å². The van der Waals surface area contributed by atoms with Crippen molar-refractivity contribution in [2.75, 3.05) is 6.54 Å². The first kappa shape index (κ1) is 12.8. The van der Waals surface area contributed by atoms with Gasteiger partial charge in [0.1, 0.15) is 5.82 Å². The van der Waals surface area contributed by atoms with Crippen molar-refractivity contribution in [3.8, 4) is 0 Å². The Morgan fingerprint density at radius 3 is 2.71 bits per heavy atom. The van der Waals surface area contributed by atoms with Crippen LogP contribution in [0.25, 0.3) is 0 Å². The second-order valence-electron chi connectivity index (χ2n) is 4.75. The molecule has 0 bridgehead atoms. The van der Waals surface area contributed by atoms with Gasteiger partial charge in [0, 0.05) is 6.04 Å². The van der Waals surface area contributed by atoms with Crippen LogP contribution in [-0.4, -0.2) is 6.54 Å². The number of nitrogens with one attached hydrogen (secondary N) is 1. The lowest BCUT2D eigenvalue weighted by Crippen LogP contribution is -2.27. The fourth-order valence-electron chi connectivity index (χ4n) is 2.77. The summed E-state index contributed by atoms with van der Waals surface area (Å²) >= 11 is 5.73. The van der Waals surface area contributed by atoms with Crippen molar-refractivity contribution < 1.29 is 4.39 Å². The normalized spacial score (nSPS) is 18.5. The first-order valence-electron chi connectivity index (χ1n) is 6.40. The fraction of sp³-hybridized carbons (Fsp3) is 0.571. The number of halogens is 2. The Balaban J connectivity index is 2.21. The molecular formula is C14H19ClFN. The van der Waals surface area contributed by atoms with Crippen molar-refractivity contribution in [2.24, 2.45) is 5.92 Å². The number of hydrogen-bond donors (Lipinski definition) is 1. The zero-order chi connectivity index (χ0) is 12.3. The molecule has 0 saturated heterocycles. The molecule has 2 rings (SSSR count). The van der Waals surface area contributed by atoms with Gasteiger partial charge in [0.25, 0.3) is 0 Å². The average molecular weight is 256 g/mol. The summed E-state index contributed by atoms with van der Waals surface area (Å²) in [5, 5.41) is 3.68. The van der Waals surface area contributed by atoms with Gasteiger partial charge in [-0.15, -0.1) is 0 Å². The lowest BCUT2D eigenvalue weighted by atomic mass is 9.91. The standard InChI is InChI=1S/C14H19ClFN/c1-2-17-14(10-5-3-4-6-10)11-7-8-12(15)13(16)9-11/h7-10,14,17H,2-6H2,1H3. The lowest BCUT2D eigenvalue weighted by molar-refractivity contribution is 0.373. The van der Waals surface area contributed by atoms with Crippen LogP contribution in [0.2, 0.25) is 5.02 Å². The van der Waals surface area contributed by atoms with Crippen LogP contribution in [0.3, 0.4) is 0 Å². The van der Waals surface area contributed by atoms with E-state index in [-0.39, 0.29) is 16.9 Å². The van der Waals surface area contributed by atoms with E-state index < -0.39 is 0 Å². The molecule has 1 aliphatic rings. The van der Waals surface area contributed by atoms with Crippen molar-refractivity contribution in [2.45, 2.75) is 38.6 Å². The summed E-state index contributed by atoms with van der Waals surface area (Å²) < 4.78 is 13.5. The van der Waals surface area contributed by atoms with Gasteiger partial charge in [0.05, 0.1) is 5.02 Å². The highest BCUT2D eigenvalue weighted by Gasteiger charge is 2.26. The van der Waals surface area contributed by atoms with Crippen LogP contribution >= 0.6 is 11.6 Å². The molecule has 0 radical (unpaired) electrons. The maximum Gasteiger partial charge on any atom is 0.142 e. The molecule has 0 amide bonds. The molecule has 94 valence electrons. The molecule has 0 spiro atoms. The van der Waals surface area contributed by atoms with E-state index in [2.05, 4.69) is 12.2 Å². The number of benzene rings is 1. The fourth-order valence-corrected chi connectivity index (χ4v) is 2.89. The summed E-state index contributed by atoms with van der Waals surface area (Å²) in [6.45, 7) is 3.00. The zero-order valence-corrected chi connectivity index (χ0v) is 10.9. The Labute approximate surface area is 107 Å². The van der Waals surface area contributed by atoms with Gasteiger partial charge in [-0.1, -0.05) is 37.4 Å². The summed E-state index contributed by atoms with van der Waals surface area (Å²) in [6, 6.07) is 5.45. The third-order valence-corrected chi connectivity index (χ3v) is 3.90. The van der Waals surface area contributed by atoms with E-state index in [1.54, 1.807) is 12.1 Å². The summed E-state index contributed by atoms with van der Waals surface area (Å²) in [7, 11) is 0. The highest BCUT2D eigenvalue weighted by molar-refractivity contribution is 6.30. The summed E-state index contributed by atoms with van der Waals surface area (Å²) in [5.41, 5.74) is 1.03. The first-order chi connectivity index (χ1) is 8.22. The summed E-state index contributed by atoms with van der Waals surface area (Å²) in [6.07, 6.45) is 5.06. The third-order valence-electron chi connectivity index (χ3n) is 3.60. The minimum Gasteiger partial charge on any atom is -0.310 e. The molecule has 1 unspecified atom stereocenters. The van der Waals surface area contributed by atoms with Gasteiger partial charge in [-0.05, 0) is 43.0 Å². The van der Waals surface area contributed by atoms with E-state index in [1.807, 2.05) is 6.07 Å². The average Bonchev–Trinajstić information content (AvgIpc) is 2.83. The molecule has 1 aromatic rings. The Bertz CT molecular complexity index is 374. The molecule has 1 fully saturated rings. The van der Waals surface area contributed by atoms with Gasteiger partial charge in [0.15, 0.2) is 0 Å². The van der Waals surface area contributed by atoms with Gasteiger partial charge < -0.3 is 5.32 Å². The van der Waals surface area contributed by atoms with Gasteiger partial charge >= 0.3 is 0 Å². The van der Waals surface area contributed by atoms with E-state index in [0.717, 1.165) is 12.1 Å². The molecule has 0 heterocycles. The van der Waals surface area contributed by atoms with Gasteiger partial charge in [-0.2, -0.15) is 0 Å². The first-order valence-corrected chi connectivity index (χ1v) is 6.78. The lowest BCUT2D eigenvalue weighted by Gasteiger charge is -2.25. The number of rotatable bonds is 4. The summed E-state index contributed by atoms with van der Waals surface area (Å²) in [5.74, 6) is 0.320. The molecule has 1 saturated carbocycles. The molecule has 1 N–H and O–H groups in total. The quantitative estimate of drug-likeness (QED) is 0.845.